The molecular weight excluding hydrogens is 265 g/mol. The van der Waals surface area contributed by atoms with E-state index in [2.05, 4.69) is 4.98 Å². The Kier molecular flexibility index (Phi) is 2.81. The number of hydrogen-bond acceptors (Lipinski definition) is 2. The predicted molar refractivity (Wildman–Crippen MR) is 78.8 cm³/mol. The van der Waals surface area contributed by atoms with Crippen molar-refractivity contribution in [3.8, 4) is 16.9 Å². The molecule has 4 rings (SSSR count). The number of benzene rings is 1. The fourth-order valence-corrected chi connectivity index (χ4v) is 2.97. The Labute approximate surface area is 122 Å². The molecule has 21 heavy (non-hydrogen) atoms. The van der Waals surface area contributed by atoms with Gasteiger partial charge in [0.05, 0.1) is 17.1 Å². The van der Waals surface area contributed by atoms with Gasteiger partial charge in [0.1, 0.15) is 5.82 Å². The van der Waals surface area contributed by atoms with Crippen molar-refractivity contribution in [2.45, 2.75) is 19.3 Å². The molecule has 0 spiro atoms. The van der Waals surface area contributed by atoms with E-state index in [0.29, 0.717) is 0 Å². The average Bonchev–Trinajstić information content (AvgIpc) is 3.09. The number of fused-ring (bicyclic) bond motifs is 1. The van der Waals surface area contributed by atoms with Crippen LogP contribution in [0.4, 0.5) is 4.39 Å². The molecule has 1 aliphatic carbocycles. The molecule has 0 N–H and O–H groups in total. The zero-order chi connectivity index (χ0) is 14.2. The highest BCUT2D eigenvalue weighted by Gasteiger charge is 2.23. The maximum Gasteiger partial charge on any atom is 0.123 e. The number of aromatic nitrogens is 3. The van der Waals surface area contributed by atoms with Gasteiger partial charge in [0.15, 0.2) is 0 Å². The van der Waals surface area contributed by atoms with Gasteiger partial charge in [0.25, 0.3) is 0 Å². The van der Waals surface area contributed by atoms with Gasteiger partial charge in [-0.25, -0.2) is 9.07 Å². The van der Waals surface area contributed by atoms with Gasteiger partial charge in [-0.15, -0.1) is 0 Å². The predicted octanol–water partition coefficient (Wildman–Crippen LogP) is 3.56. The second-order valence-corrected chi connectivity index (χ2v) is 5.25. The average molecular weight is 279 g/mol. The van der Waals surface area contributed by atoms with Crippen LogP contribution in [-0.4, -0.2) is 14.8 Å². The zero-order valence-electron chi connectivity index (χ0n) is 11.5. The summed E-state index contributed by atoms with van der Waals surface area (Å²) in [4.78, 5) is 4.08. The van der Waals surface area contributed by atoms with Crippen molar-refractivity contribution in [1.29, 1.82) is 0 Å². The summed E-state index contributed by atoms with van der Waals surface area (Å²) < 4.78 is 15.1. The SMILES string of the molecule is Fc1ccc(-n2nc3c(c2-c2ccncc2)CCC3)cc1. The van der Waals surface area contributed by atoms with Crippen LogP contribution in [0.2, 0.25) is 0 Å². The molecule has 0 saturated heterocycles. The van der Waals surface area contributed by atoms with Gasteiger partial charge in [0.2, 0.25) is 0 Å². The maximum absolute atomic E-state index is 13.1. The van der Waals surface area contributed by atoms with Crippen LogP contribution in [0.3, 0.4) is 0 Å². The van der Waals surface area contributed by atoms with Crippen LogP contribution in [0.1, 0.15) is 17.7 Å². The van der Waals surface area contributed by atoms with E-state index in [-0.39, 0.29) is 5.82 Å². The molecular formula is C17H14FN3. The molecule has 3 nitrogen and oxygen atoms in total. The van der Waals surface area contributed by atoms with Crippen molar-refractivity contribution in [3.05, 3.63) is 65.9 Å². The third-order valence-electron chi connectivity index (χ3n) is 3.93. The van der Waals surface area contributed by atoms with E-state index in [0.717, 1.165) is 41.9 Å². The van der Waals surface area contributed by atoms with E-state index in [1.807, 2.05) is 16.8 Å². The fourth-order valence-electron chi connectivity index (χ4n) is 2.97. The number of hydrogen-bond donors (Lipinski definition) is 0. The molecule has 0 saturated carbocycles. The Morgan fingerprint density at radius 3 is 2.48 bits per heavy atom. The van der Waals surface area contributed by atoms with E-state index in [9.17, 15) is 4.39 Å². The largest absolute Gasteiger partial charge is 0.265 e. The van der Waals surface area contributed by atoms with E-state index >= 15 is 0 Å². The second kappa shape index (κ2) is 4.81. The minimum atomic E-state index is -0.232. The van der Waals surface area contributed by atoms with E-state index < -0.39 is 0 Å². The van der Waals surface area contributed by atoms with E-state index in [4.69, 9.17) is 5.10 Å². The van der Waals surface area contributed by atoms with Gasteiger partial charge in [0, 0.05) is 23.5 Å². The minimum Gasteiger partial charge on any atom is -0.265 e. The molecule has 0 amide bonds. The number of rotatable bonds is 2. The highest BCUT2D eigenvalue weighted by Crippen LogP contribution is 2.33. The lowest BCUT2D eigenvalue weighted by molar-refractivity contribution is 0.627. The Morgan fingerprint density at radius 1 is 0.952 bits per heavy atom. The molecule has 1 aliphatic rings. The molecule has 0 aliphatic heterocycles. The lowest BCUT2D eigenvalue weighted by atomic mass is 10.1. The summed E-state index contributed by atoms with van der Waals surface area (Å²) in [6, 6.07) is 10.5. The quantitative estimate of drug-likeness (QED) is 0.718. The van der Waals surface area contributed by atoms with Crippen LogP contribution in [0, 0.1) is 5.82 Å². The molecule has 0 radical (unpaired) electrons. The molecule has 3 aromatic rings. The van der Waals surface area contributed by atoms with Gasteiger partial charge >= 0.3 is 0 Å². The Balaban J connectivity index is 1.94. The van der Waals surface area contributed by atoms with Crippen LogP contribution >= 0.6 is 0 Å². The number of nitrogens with zero attached hydrogens (tertiary/aromatic N) is 3. The summed E-state index contributed by atoms with van der Waals surface area (Å²) in [5, 5.41) is 4.74. The van der Waals surface area contributed by atoms with Crippen LogP contribution in [0.25, 0.3) is 16.9 Å². The fraction of sp³-hybridized carbons (Fsp3) is 0.176. The van der Waals surface area contributed by atoms with Gasteiger partial charge in [-0.3, -0.25) is 4.98 Å². The van der Waals surface area contributed by atoms with Crippen molar-refractivity contribution in [1.82, 2.24) is 14.8 Å². The van der Waals surface area contributed by atoms with Crippen molar-refractivity contribution >= 4 is 0 Å². The lowest BCUT2D eigenvalue weighted by Crippen LogP contribution is -2.01. The van der Waals surface area contributed by atoms with Crippen molar-refractivity contribution in [2.24, 2.45) is 0 Å². The summed E-state index contributed by atoms with van der Waals surface area (Å²) in [5.74, 6) is -0.232. The van der Waals surface area contributed by atoms with Gasteiger partial charge in [-0.1, -0.05) is 0 Å². The molecule has 0 bridgehead atoms. The summed E-state index contributed by atoms with van der Waals surface area (Å²) in [6.45, 7) is 0. The van der Waals surface area contributed by atoms with Crippen molar-refractivity contribution < 1.29 is 4.39 Å². The van der Waals surface area contributed by atoms with Crippen LogP contribution < -0.4 is 0 Å². The van der Waals surface area contributed by atoms with Gasteiger partial charge in [-0.05, 0) is 55.7 Å². The number of pyridine rings is 1. The number of aryl methyl sites for hydroxylation is 1. The Bertz CT molecular complexity index is 776. The number of halogens is 1. The Morgan fingerprint density at radius 2 is 1.71 bits per heavy atom. The standard InChI is InChI=1S/C17H14FN3/c18-13-4-6-14(7-5-13)21-17(12-8-10-19-11-9-12)15-2-1-3-16(15)20-21/h4-11H,1-3H2. The summed E-state index contributed by atoms with van der Waals surface area (Å²) in [5.41, 5.74) is 5.57. The lowest BCUT2D eigenvalue weighted by Gasteiger charge is -2.09. The van der Waals surface area contributed by atoms with Crippen molar-refractivity contribution in [2.75, 3.05) is 0 Å². The summed E-state index contributed by atoms with van der Waals surface area (Å²) in [6.07, 6.45) is 6.80. The highest BCUT2D eigenvalue weighted by atomic mass is 19.1. The normalized spacial score (nSPS) is 13.4. The first-order chi connectivity index (χ1) is 10.3. The molecule has 4 heteroatoms. The smallest absolute Gasteiger partial charge is 0.123 e. The summed E-state index contributed by atoms with van der Waals surface area (Å²) >= 11 is 0. The molecule has 0 fully saturated rings. The molecule has 1 aromatic carbocycles. The molecule has 104 valence electrons. The first-order valence-electron chi connectivity index (χ1n) is 7.10. The first-order valence-corrected chi connectivity index (χ1v) is 7.10. The minimum absolute atomic E-state index is 0.232. The van der Waals surface area contributed by atoms with E-state index in [1.54, 1.807) is 24.5 Å². The van der Waals surface area contributed by atoms with E-state index in [1.165, 1.54) is 17.7 Å². The molecule has 2 heterocycles. The molecule has 2 aromatic heterocycles. The maximum atomic E-state index is 13.1. The third-order valence-corrected chi connectivity index (χ3v) is 3.93. The first kappa shape index (κ1) is 12.3. The van der Waals surface area contributed by atoms with Crippen molar-refractivity contribution in [3.63, 3.8) is 0 Å². The second-order valence-electron chi connectivity index (χ2n) is 5.25. The third kappa shape index (κ3) is 2.03. The molecule has 0 unspecified atom stereocenters. The topological polar surface area (TPSA) is 30.7 Å². The van der Waals surface area contributed by atoms with Gasteiger partial charge in [-0.2, -0.15) is 5.10 Å². The highest BCUT2D eigenvalue weighted by molar-refractivity contribution is 5.67. The van der Waals surface area contributed by atoms with Crippen LogP contribution in [0.5, 0.6) is 0 Å². The molecule has 0 atom stereocenters. The monoisotopic (exact) mass is 279 g/mol. The summed E-state index contributed by atoms with van der Waals surface area (Å²) in [7, 11) is 0. The van der Waals surface area contributed by atoms with Gasteiger partial charge < -0.3 is 0 Å². The zero-order valence-corrected chi connectivity index (χ0v) is 11.5. The van der Waals surface area contributed by atoms with Crippen LogP contribution in [0.15, 0.2) is 48.8 Å². The van der Waals surface area contributed by atoms with Crippen LogP contribution in [-0.2, 0) is 12.8 Å². The Hall–Kier alpha value is -2.49.